The molecule has 0 aliphatic heterocycles. The van der Waals surface area contributed by atoms with Gasteiger partial charge >= 0.3 is 5.97 Å². The van der Waals surface area contributed by atoms with E-state index in [9.17, 15) is 13.2 Å². The van der Waals surface area contributed by atoms with Crippen molar-refractivity contribution in [3.05, 3.63) is 59.5 Å². The van der Waals surface area contributed by atoms with Crippen molar-refractivity contribution < 1.29 is 18.3 Å². The Morgan fingerprint density at radius 1 is 1.19 bits per heavy atom. The van der Waals surface area contributed by atoms with E-state index in [-0.39, 0.29) is 16.5 Å². The lowest BCUT2D eigenvalue weighted by Crippen LogP contribution is -2.03. The first-order valence-corrected chi connectivity index (χ1v) is 9.82. The standard InChI is InChI=1S/C17H13ClN4O4S/c1-27(25,26)11-6-7-13(19-10-11)17-21-20-15(8-9-16(23)24)22(17)14-5-3-2-4-12(14)18/h2-10H,1H3,(H,23,24). The number of benzene rings is 1. The summed E-state index contributed by atoms with van der Waals surface area (Å²) < 4.78 is 24.8. The molecule has 138 valence electrons. The van der Waals surface area contributed by atoms with E-state index < -0.39 is 15.8 Å². The van der Waals surface area contributed by atoms with Crippen LogP contribution in [0.25, 0.3) is 23.3 Å². The van der Waals surface area contributed by atoms with Crippen LogP contribution in [0, 0.1) is 0 Å². The summed E-state index contributed by atoms with van der Waals surface area (Å²) in [5.74, 6) is -0.622. The van der Waals surface area contributed by atoms with Crippen LogP contribution in [0.1, 0.15) is 5.82 Å². The van der Waals surface area contributed by atoms with Crippen molar-refractivity contribution in [3.8, 4) is 17.2 Å². The number of hydrogen-bond acceptors (Lipinski definition) is 6. The van der Waals surface area contributed by atoms with Gasteiger partial charge in [0, 0.05) is 18.5 Å². The zero-order chi connectivity index (χ0) is 19.6. The zero-order valence-corrected chi connectivity index (χ0v) is 15.5. The fraction of sp³-hybridized carbons (Fsp3) is 0.0588. The summed E-state index contributed by atoms with van der Waals surface area (Å²) >= 11 is 6.28. The Labute approximate surface area is 159 Å². The van der Waals surface area contributed by atoms with E-state index in [1.807, 2.05) is 0 Å². The van der Waals surface area contributed by atoms with Gasteiger partial charge in [-0.2, -0.15) is 0 Å². The van der Waals surface area contributed by atoms with Crippen molar-refractivity contribution in [2.75, 3.05) is 6.26 Å². The molecule has 8 nitrogen and oxygen atoms in total. The van der Waals surface area contributed by atoms with Gasteiger partial charge in [0.25, 0.3) is 0 Å². The maximum absolute atomic E-state index is 11.6. The Morgan fingerprint density at radius 2 is 1.93 bits per heavy atom. The van der Waals surface area contributed by atoms with Crippen molar-refractivity contribution in [3.63, 3.8) is 0 Å². The summed E-state index contributed by atoms with van der Waals surface area (Å²) in [7, 11) is -3.39. The normalized spacial score (nSPS) is 11.8. The first kappa shape index (κ1) is 18.7. The third-order valence-electron chi connectivity index (χ3n) is 3.55. The SMILES string of the molecule is CS(=O)(=O)c1ccc(-c2nnc(C=CC(=O)O)n2-c2ccccc2Cl)nc1. The smallest absolute Gasteiger partial charge is 0.328 e. The van der Waals surface area contributed by atoms with Crippen LogP contribution in [0.3, 0.4) is 0 Å². The molecule has 1 aromatic carbocycles. The monoisotopic (exact) mass is 404 g/mol. The number of hydrogen-bond donors (Lipinski definition) is 1. The molecule has 0 saturated carbocycles. The first-order chi connectivity index (χ1) is 12.8. The summed E-state index contributed by atoms with van der Waals surface area (Å²) in [6.45, 7) is 0. The average Bonchev–Trinajstić information content (AvgIpc) is 3.03. The van der Waals surface area contributed by atoms with Crippen LogP contribution in [-0.2, 0) is 14.6 Å². The van der Waals surface area contributed by atoms with Crippen LogP contribution >= 0.6 is 11.6 Å². The fourth-order valence-electron chi connectivity index (χ4n) is 2.32. The summed E-state index contributed by atoms with van der Waals surface area (Å²) in [6, 6.07) is 9.82. The lowest BCUT2D eigenvalue weighted by atomic mass is 10.2. The third-order valence-corrected chi connectivity index (χ3v) is 4.97. The number of para-hydroxylation sites is 1. The summed E-state index contributed by atoms with van der Waals surface area (Å²) in [6.07, 6.45) is 4.53. The molecule has 0 radical (unpaired) electrons. The number of aliphatic carboxylic acids is 1. The fourth-order valence-corrected chi connectivity index (χ4v) is 3.10. The third kappa shape index (κ3) is 4.04. The number of carboxylic acids is 1. The van der Waals surface area contributed by atoms with Gasteiger partial charge in [-0.05, 0) is 30.3 Å². The van der Waals surface area contributed by atoms with E-state index in [0.717, 1.165) is 12.3 Å². The molecular formula is C17H13ClN4O4S. The van der Waals surface area contributed by atoms with Crippen molar-refractivity contribution in [2.45, 2.75) is 4.90 Å². The zero-order valence-electron chi connectivity index (χ0n) is 13.9. The van der Waals surface area contributed by atoms with Crippen LogP contribution in [0.15, 0.2) is 53.6 Å². The number of aromatic nitrogens is 4. The Balaban J connectivity index is 2.19. The number of carboxylic acid groups (broad SMARTS) is 1. The van der Waals surface area contributed by atoms with E-state index in [0.29, 0.717) is 16.4 Å². The van der Waals surface area contributed by atoms with E-state index in [1.54, 1.807) is 28.8 Å². The predicted octanol–water partition coefficient (Wildman–Crippen LogP) is 2.48. The first-order valence-electron chi connectivity index (χ1n) is 7.55. The highest BCUT2D eigenvalue weighted by molar-refractivity contribution is 7.90. The van der Waals surface area contributed by atoms with E-state index >= 15 is 0 Å². The number of carbonyl (C=O) groups is 1. The van der Waals surface area contributed by atoms with Crippen LogP contribution in [0.5, 0.6) is 0 Å². The molecular weight excluding hydrogens is 392 g/mol. The molecule has 0 aliphatic carbocycles. The Morgan fingerprint density at radius 3 is 2.52 bits per heavy atom. The Hall–Kier alpha value is -3.04. The lowest BCUT2D eigenvalue weighted by molar-refractivity contribution is -0.131. The highest BCUT2D eigenvalue weighted by Crippen LogP contribution is 2.27. The number of nitrogens with zero attached hydrogens (tertiary/aromatic N) is 4. The molecule has 0 saturated heterocycles. The van der Waals surface area contributed by atoms with Crippen molar-refractivity contribution in [1.29, 1.82) is 0 Å². The molecule has 27 heavy (non-hydrogen) atoms. The summed E-state index contributed by atoms with van der Waals surface area (Å²) in [4.78, 5) is 15.1. The van der Waals surface area contributed by atoms with Crippen LogP contribution in [-0.4, -0.2) is 45.5 Å². The molecule has 0 aliphatic rings. The molecule has 0 bridgehead atoms. The Bertz CT molecular complexity index is 1140. The second-order valence-electron chi connectivity index (χ2n) is 5.49. The van der Waals surface area contributed by atoms with Crippen molar-refractivity contribution >= 4 is 33.5 Å². The summed E-state index contributed by atoms with van der Waals surface area (Å²) in [5.41, 5.74) is 0.878. The molecule has 10 heteroatoms. The van der Waals surface area contributed by atoms with Gasteiger partial charge in [0.1, 0.15) is 5.69 Å². The van der Waals surface area contributed by atoms with Crippen LogP contribution in [0.2, 0.25) is 5.02 Å². The van der Waals surface area contributed by atoms with Crippen molar-refractivity contribution in [2.24, 2.45) is 0 Å². The largest absolute Gasteiger partial charge is 0.478 e. The molecule has 0 atom stereocenters. The molecule has 0 amide bonds. The van der Waals surface area contributed by atoms with E-state index in [2.05, 4.69) is 15.2 Å². The maximum Gasteiger partial charge on any atom is 0.328 e. The molecule has 3 rings (SSSR count). The molecule has 0 fully saturated rings. The second kappa shape index (κ2) is 7.29. The molecule has 1 N–H and O–H groups in total. The highest BCUT2D eigenvalue weighted by atomic mass is 35.5. The second-order valence-corrected chi connectivity index (χ2v) is 7.91. The van der Waals surface area contributed by atoms with E-state index in [4.69, 9.17) is 16.7 Å². The topological polar surface area (TPSA) is 115 Å². The van der Waals surface area contributed by atoms with Gasteiger partial charge in [-0.25, -0.2) is 13.2 Å². The number of halogens is 1. The van der Waals surface area contributed by atoms with Gasteiger partial charge in [-0.15, -0.1) is 10.2 Å². The lowest BCUT2D eigenvalue weighted by Gasteiger charge is -2.10. The predicted molar refractivity (Wildman–Crippen MR) is 99.4 cm³/mol. The van der Waals surface area contributed by atoms with Gasteiger partial charge in [0.2, 0.25) is 0 Å². The van der Waals surface area contributed by atoms with Crippen LogP contribution in [0.4, 0.5) is 0 Å². The number of rotatable bonds is 5. The summed E-state index contributed by atoms with van der Waals surface area (Å²) in [5, 5.41) is 17.4. The van der Waals surface area contributed by atoms with E-state index in [1.165, 1.54) is 24.4 Å². The van der Waals surface area contributed by atoms with Gasteiger partial charge in [-0.1, -0.05) is 23.7 Å². The maximum atomic E-state index is 11.6. The molecule has 2 heterocycles. The minimum absolute atomic E-state index is 0.0704. The molecule has 2 aromatic heterocycles. The molecule has 0 unspecified atom stereocenters. The quantitative estimate of drug-likeness (QED) is 0.649. The minimum Gasteiger partial charge on any atom is -0.478 e. The van der Waals surface area contributed by atoms with Gasteiger partial charge in [0.05, 0.1) is 15.6 Å². The van der Waals surface area contributed by atoms with Crippen molar-refractivity contribution in [1.82, 2.24) is 19.7 Å². The Kier molecular flexibility index (Phi) is 5.06. The minimum atomic E-state index is -3.39. The number of sulfone groups is 1. The average molecular weight is 405 g/mol. The number of pyridine rings is 1. The van der Waals surface area contributed by atoms with Crippen LogP contribution < -0.4 is 0 Å². The molecule has 0 spiro atoms. The highest BCUT2D eigenvalue weighted by Gasteiger charge is 2.18. The van der Waals surface area contributed by atoms with Gasteiger partial charge < -0.3 is 5.11 Å². The van der Waals surface area contributed by atoms with Gasteiger partial charge in [0.15, 0.2) is 21.5 Å². The van der Waals surface area contributed by atoms with Gasteiger partial charge in [-0.3, -0.25) is 9.55 Å². The molecule has 3 aromatic rings.